The fourth-order valence-electron chi connectivity index (χ4n) is 2.09. The zero-order valence-electron chi connectivity index (χ0n) is 9.85. The minimum absolute atomic E-state index is 0.0153. The molecule has 0 bridgehead atoms. The average Bonchev–Trinajstić information content (AvgIpc) is 3.03. The van der Waals surface area contributed by atoms with Crippen molar-refractivity contribution >= 4 is 11.2 Å². The lowest BCUT2D eigenvalue weighted by Gasteiger charge is -2.11. The lowest BCUT2D eigenvalue weighted by atomic mass is 10.2. The second kappa shape index (κ2) is 4.46. The van der Waals surface area contributed by atoms with Crippen molar-refractivity contribution in [3.8, 4) is 5.88 Å². The van der Waals surface area contributed by atoms with Gasteiger partial charge in [-0.15, -0.1) is 5.10 Å². The fourth-order valence-corrected chi connectivity index (χ4v) is 2.09. The first-order valence-electron chi connectivity index (χ1n) is 5.69. The number of nitrogens with zero attached hydrogens (tertiary/aromatic N) is 5. The van der Waals surface area contributed by atoms with Gasteiger partial charge in [0.05, 0.1) is 19.8 Å². The summed E-state index contributed by atoms with van der Waals surface area (Å²) in [6, 6.07) is 0. The standard InChI is InChI=1S/C10H13N5O3/c1-17-10-8-9(11-5-12-10)15(14-13-8)7-3-2-6(4-16)18-7/h5-7,16H,2-4H2,1H3/t6-,7-/m0/s1. The first-order chi connectivity index (χ1) is 8.83. The first-order valence-corrected chi connectivity index (χ1v) is 5.69. The van der Waals surface area contributed by atoms with Crippen molar-refractivity contribution in [2.24, 2.45) is 0 Å². The van der Waals surface area contributed by atoms with E-state index >= 15 is 0 Å². The van der Waals surface area contributed by atoms with E-state index in [0.717, 1.165) is 12.8 Å². The van der Waals surface area contributed by atoms with Crippen LogP contribution in [-0.2, 0) is 4.74 Å². The predicted octanol–water partition coefficient (Wildman–Crippen LogP) is -0.100. The van der Waals surface area contributed by atoms with Crippen molar-refractivity contribution in [2.75, 3.05) is 13.7 Å². The minimum Gasteiger partial charge on any atom is -0.479 e. The van der Waals surface area contributed by atoms with E-state index in [4.69, 9.17) is 14.6 Å². The molecular formula is C10H13N5O3. The van der Waals surface area contributed by atoms with E-state index in [1.807, 2.05) is 0 Å². The fraction of sp³-hybridized carbons (Fsp3) is 0.600. The van der Waals surface area contributed by atoms with E-state index in [1.54, 1.807) is 4.68 Å². The van der Waals surface area contributed by atoms with Crippen LogP contribution in [0.15, 0.2) is 6.33 Å². The van der Waals surface area contributed by atoms with Crippen LogP contribution in [0.4, 0.5) is 0 Å². The largest absolute Gasteiger partial charge is 0.479 e. The number of fused-ring (bicyclic) bond motifs is 1. The van der Waals surface area contributed by atoms with Gasteiger partial charge in [-0.05, 0) is 12.8 Å². The van der Waals surface area contributed by atoms with Gasteiger partial charge in [0.15, 0.2) is 17.4 Å². The molecule has 18 heavy (non-hydrogen) atoms. The topological polar surface area (TPSA) is 95.2 Å². The van der Waals surface area contributed by atoms with Crippen molar-refractivity contribution in [2.45, 2.75) is 25.2 Å². The van der Waals surface area contributed by atoms with Gasteiger partial charge in [-0.3, -0.25) is 0 Å². The SMILES string of the molecule is COc1ncnc2c1nnn2[C@@H]1CC[C@@H](CO)O1. The van der Waals surface area contributed by atoms with Crippen molar-refractivity contribution in [1.82, 2.24) is 25.0 Å². The molecule has 8 heteroatoms. The lowest BCUT2D eigenvalue weighted by molar-refractivity contribution is -0.0271. The Hall–Kier alpha value is -1.80. The maximum Gasteiger partial charge on any atom is 0.247 e. The number of rotatable bonds is 3. The molecule has 0 spiro atoms. The summed E-state index contributed by atoms with van der Waals surface area (Å²) in [6.45, 7) is 0.0153. The molecule has 3 rings (SSSR count). The normalized spacial score (nSPS) is 23.7. The van der Waals surface area contributed by atoms with Gasteiger partial charge < -0.3 is 14.6 Å². The number of ether oxygens (including phenoxy) is 2. The molecule has 0 aromatic carbocycles. The van der Waals surface area contributed by atoms with Gasteiger partial charge in [-0.25, -0.2) is 4.98 Å². The molecule has 0 aliphatic carbocycles. The summed E-state index contributed by atoms with van der Waals surface area (Å²) in [5.41, 5.74) is 1.08. The molecule has 3 heterocycles. The van der Waals surface area contributed by atoms with Gasteiger partial charge in [-0.2, -0.15) is 9.67 Å². The Morgan fingerprint density at radius 3 is 3.11 bits per heavy atom. The zero-order valence-corrected chi connectivity index (χ0v) is 9.85. The third kappa shape index (κ3) is 1.70. The number of aromatic nitrogens is 5. The highest BCUT2D eigenvalue weighted by Crippen LogP contribution is 2.30. The average molecular weight is 251 g/mol. The summed E-state index contributed by atoms with van der Waals surface area (Å²) in [5, 5.41) is 17.1. The summed E-state index contributed by atoms with van der Waals surface area (Å²) in [4.78, 5) is 8.12. The maximum absolute atomic E-state index is 9.06. The molecule has 0 saturated carbocycles. The molecule has 0 radical (unpaired) electrons. The van der Waals surface area contributed by atoms with Crippen LogP contribution in [0.1, 0.15) is 19.1 Å². The van der Waals surface area contributed by atoms with Gasteiger partial charge in [-0.1, -0.05) is 5.21 Å². The van der Waals surface area contributed by atoms with Crippen LogP contribution in [-0.4, -0.2) is 49.9 Å². The molecule has 1 fully saturated rings. The number of aliphatic hydroxyl groups excluding tert-OH is 1. The molecule has 2 aromatic rings. The summed E-state index contributed by atoms with van der Waals surface area (Å²) in [5.74, 6) is 0.392. The number of aliphatic hydroxyl groups is 1. The molecule has 1 N–H and O–H groups in total. The summed E-state index contributed by atoms with van der Waals surface area (Å²) in [6.07, 6.45) is 2.59. The Morgan fingerprint density at radius 2 is 2.39 bits per heavy atom. The van der Waals surface area contributed by atoms with Crippen LogP contribution in [0.2, 0.25) is 0 Å². The van der Waals surface area contributed by atoms with Crippen molar-refractivity contribution in [3.05, 3.63) is 6.33 Å². The van der Waals surface area contributed by atoms with Crippen molar-refractivity contribution in [3.63, 3.8) is 0 Å². The van der Waals surface area contributed by atoms with Crippen LogP contribution in [0, 0.1) is 0 Å². The summed E-state index contributed by atoms with van der Waals surface area (Å²) in [7, 11) is 1.52. The van der Waals surface area contributed by atoms with Crippen LogP contribution in [0.25, 0.3) is 11.2 Å². The summed E-state index contributed by atoms with van der Waals surface area (Å²) < 4.78 is 12.4. The number of hydrogen-bond acceptors (Lipinski definition) is 7. The Morgan fingerprint density at radius 1 is 1.50 bits per heavy atom. The first kappa shape index (κ1) is 11.3. The van der Waals surface area contributed by atoms with Gasteiger partial charge >= 0.3 is 0 Å². The molecule has 8 nitrogen and oxygen atoms in total. The number of methoxy groups -OCH3 is 1. The molecule has 0 unspecified atom stereocenters. The Kier molecular flexibility index (Phi) is 2.80. The molecule has 96 valence electrons. The molecule has 0 amide bonds. The van der Waals surface area contributed by atoms with Crippen LogP contribution in [0.3, 0.4) is 0 Å². The van der Waals surface area contributed by atoms with Crippen LogP contribution in [0.5, 0.6) is 5.88 Å². The zero-order chi connectivity index (χ0) is 12.5. The molecule has 2 atom stereocenters. The van der Waals surface area contributed by atoms with Gasteiger partial charge in [0, 0.05) is 0 Å². The van der Waals surface area contributed by atoms with E-state index in [1.165, 1.54) is 13.4 Å². The smallest absolute Gasteiger partial charge is 0.247 e. The third-order valence-corrected chi connectivity index (χ3v) is 2.98. The third-order valence-electron chi connectivity index (χ3n) is 2.98. The second-order valence-electron chi connectivity index (χ2n) is 4.06. The van der Waals surface area contributed by atoms with E-state index < -0.39 is 0 Å². The van der Waals surface area contributed by atoms with Crippen LogP contribution < -0.4 is 4.74 Å². The van der Waals surface area contributed by atoms with Crippen LogP contribution >= 0.6 is 0 Å². The van der Waals surface area contributed by atoms with E-state index in [0.29, 0.717) is 17.0 Å². The molecule has 1 aliphatic rings. The van der Waals surface area contributed by atoms with E-state index in [2.05, 4.69) is 20.3 Å². The maximum atomic E-state index is 9.06. The summed E-state index contributed by atoms with van der Waals surface area (Å²) >= 11 is 0. The quantitative estimate of drug-likeness (QED) is 0.813. The Labute approximate surface area is 103 Å². The molecule has 1 saturated heterocycles. The highest BCUT2D eigenvalue weighted by molar-refractivity contribution is 5.74. The Bertz CT molecular complexity index is 557. The van der Waals surface area contributed by atoms with Gasteiger partial charge in [0.25, 0.3) is 0 Å². The second-order valence-corrected chi connectivity index (χ2v) is 4.06. The molecule has 2 aromatic heterocycles. The minimum atomic E-state index is -0.244. The predicted molar refractivity (Wildman–Crippen MR) is 59.9 cm³/mol. The molecular weight excluding hydrogens is 238 g/mol. The highest BCUT2D eigenvalue weighted by Gasteiger charge is 2.29. The monoisotopic (exact) mass is 251 g/mol. The van der Waals surface area contributed by atoms with Gasteiger partial charge in [0.2, 0.25) is 5.88 Å². The van der Waals surface area contributed by atoms with E-state index in [-0.39, 0.29) is 18.9 Å². The van der Waals surface area contributed by atoms with E-state index in [9.17, 15) is 0 Å². The highest BCUT2D eigenvalue weighted by atomic mass is 16.5. The molecule has 1 aliphatic heterocycles. The Balaban J connectivity index is 1.98. The number of hydrogen-bond donors (Lipinski definition) is 1. The van der Waals surface area contributed by atoms with Crippen molar-refractivity contribution < 1.29 is 14.6 Å². The lowest BCUT2D eigenvalue weighted by Crippen LogP contribution is -2.15. The van der Waals surface area contributed by atoms with Gasteiger partial charge in [0.1, 0.15) is 6.33 Å². The van der Waals surface area contributed by atoms with Crippen molar-refractivity contribution in [1.29, 1.82) is 0 Å².